The van der Waals surface area contributed by atoms with Crippen molar-refractivity contribution in [3.05, 3.63) is 101 Å². The van der Waals surface area contributed by atoms with E-state index in [0.717, 1.165) is 10.6 Å². The van der Waals surface area contributed by atoms with Gasteiger partial charge in [0.05, 0.1) is 0 Å². The minimum absolute atomic E-state index is 0.213. The van der Waals surface area contributed by atoms with Gasteiger partial charge < -0.3 is 10.6 Å². The number of anilines is 2. The molecule has 5 heteroatoms. The van der Waals surface area contributed by atoms with Crippen LogP contribution in [0, 0.1) is 6.92 Å². The maximum Gasteiger partial charge on any atom is 0.256 e. The second kappa shape index (κ2) is 9.58. The van der Waals surface area contributed by atoms with E-state index >= 15 is 0 Å². The van der Waals surface area contributed by atoms with Crippen LogP contribution in [0.25, 0.3) is 0 Å². The largest absolute Gasteiger partial charge is 0.322 e. The van der Waals surface area contributed by atoms with Crippen molar-refractivity contribution in [1.82, 2.24) is 0 Å². The van der Waals surface area contributed by atoms with E-state index in [1.807, 2.05) is 67.6 Å². The summed E-state index contributed by atoms with van der Waals surface area (Å²) in [5, 5.41) is 7.44. The molecule has 140 valence electrons. The Hall–Kier alpha value is -3.31. The highest BCUT2D eigenvalue weighted by atomic mass is 32.2. The summed E-state index contributed by atoms with van der Waals surface area (Å²) < 4.78 is 0. The van der Waals surface area contributed by atoms with Crippen LogP contribution in [-0.4, -0.2) is 11.8 Å². The standard InChI is InChI=1S/C23H20N2O2S/c1-17-20(23(27)24-18-9-4-2-5-10-18)13-8-14-21(17)25-22(26)15-16-28-19-11-6-3-7-12-19/h2-16H,1H3,(H,24,27)(H,25,26)/b16-15+. The number of carbonyl (C=O) groups is 2. The number of thioether (sulfide) groups is 1. The van der Waals surface area contributed by atoms with Gasteiger partial charge in [0.1, 0.15) is 0 Å². The lowest BCUT2D eigenvalue weighted by molar-refractivity contribution is -0.111. The zero-order valence-electron chi connectivity index (χ0n) is 15.4. The molecular weight excluding hydrogens is 368 g/mol. The third kappa shape index (κ3) is 5.34. The van der Waals surface area contributed by atoms with Crippen molar-refractivity contribution < 1.29 is 9.59 Å². The van der Waals surface area contributed by atoms with E-state index < -0.39 is 0 Å². The third-order valence-electron chi connectivity index (χ3n) is 4.03. The number of rotatable bonds is 6. The van der Waals surface area contributed by atoms with Crippen LogP contribution in [-0.2, 0) is 4.79 Å². The Bertz CT molecular complexity index is 986. The van der Waals surface area contributed by atoms with Gasteiger partial charge in [-0.15, -0.1) is 0 Å². The Kier molecular flexibility index (Phi) is 6.65. The van der Waals surface area contributed by atoms with E-state index in [-0.39, 0.29) is 11.8 Å². The van der Waals surface area contributed by atoms with Crippen molar-refractivity contribution in [2.45, 2.75) is 11.8 Å². The molecule has 0 radical (unpaired) electrons. The third-order valence-corrected chi connectivity index (χ3v) is 4.85. The van der Waals surface area contributed by atoms with Gasteiger partial charge in [0.2, 0.25) is 5.91 Å². The lowest BCUT2D eigenvalue weighted by Gasteiger charge is -2.12. The van der Waals surface area contributed by atoms with Gasteiger partial charge in [-0.2, -0.15) is 0 Å². The Labute approximate surface area is 168 Å². The van der Waals surface area contributed by atoms with Crippen LogP contribution >= 0.6 is 11.8 Å². The summed E-state index contributed by atoms with van der Waals surface area (Å²) in [5.41, 5.74) is 2.57. The number of para-hydroxylation sites is 1. The summed E-state index contributed by atoms with van der Waals surface area (Å²) in [5.74, 6) is -0.456. The first-order chi connectivity index (χ1) is 13.6. The average Bonchev–Trinajstić information content (AvgIpc) is 2.71. The molecule has 0 bridgehead atoms. The summed E-state index contributed by atoms with van der Waals surface area (Å²) in [6.07, 6.45) is 1.48. The van der Waals surface area contributed by atoms with Gasteiger partial charge in [-0.05, 0) is 54.3 Å². The van der Waals surface area contributed by atoms with Gasteiger partial charge in [-0.25, -0.2) is 0 Å². The Morgan fingerprint density at radius 2 is 1.50 bits per heavy atom. The number of nitrogens with one attached hydrogen (secondary N) is 2. The zero-order chi connectivity index (χ0) is 19.8. The SMILES string of the molecule is Cc1c(NC(=O)/C=C/Sc2ccccc2)cccc1C(=O)Nc1ccccc1. The van der Waals surface area contributed by atoms with E-state index in [0.29, 0.717) is 16.8 Å². The van der Waals surface area contributed by atoms with Gasteiger partial charge in [0, 0.05) is 27.9 Å². The van der Waals surface area contributed by atoms with E-state index in [2.05, 4.69) is 10.6 Å². The van der Waals surface area contributed by atoms with Crippen LogP contribution in [0.5, 0.6) is 0 Å². The van der Waals surface area contributed by atoms with E-state index in [1.54, 1.807) is 23.6 Å². The van der Waals surface area contributed by atoms with Gasteiger partial charge in [0.15, 0.2) is 0 Å². The van der Waals surface area contributed by atoms with Gasteiger partial charge >= 0.3 is 0 Å². The highest BCUT2D eigenvalue weighted by Crippen LogP contribution is 2.21. The summed E-state index contributed by atoms with van der Waals surface area (Å²) in [7, 11) is 0. The average molecular weight is 388 g/mol. The monoisotopic (exact) mass is 388 g/mol. The number of carbonyl (C=O) groups excluding carboxylic acids is 2. The van der Waals surface area contributed by atoms with Crippen molar-refractivity contribution in [3.63, 3.8) is 0 Å². The fourth-order valence-electron chi connectivity index (χ4n) is 2.58. The molecule has 0 aromatic heterocycles. The minimum Gasteiger partial charge on any atom is -0.322 e. The van der Waals surface area contributed by atoms with Crippen LogP contribution < -0.4 is 10.6 Å². The molecule has 0 aliphatic carbocycles. The summed E-state index contributed by atoms with van der Waals surface area (Å²) in [4.78, 5) is 25.8. The second-order valence-electron chi connectivity index (χ2n) is 6.02. The van der Waals surface area contributed by atoms with Crippen molar-refractivity contribution >= 4 is 35.0 Å². The first-order valence-electron chi connectivity index (χ1n) is 8.79. The molecular formula is C23H20N2O2S. The van der Waals surface area contributed by atoms with E-state index in [1.165, 1.54) is 17.8 Å². The summed E-state index contributed by atoms with van der Waals surface area (Å²) in [6.45, 7) is 1.82. The molecule has 28 heavy (non-hydrogen) atoms. The maximum atomic E-state index is 12.6. The summed E-state index contributed by atoms with van der Waals surface area (Å²) in [6, 6.07) is 24.3. The molecule has 0 aliphatic heterocycles. The lowest BCUT2D eigenvalue weighted by atomic mass is 10.1. The molecule has 2 N–H and O–H groups in total. The van der Waals surface area contributed by atoms with Crippen molar-refractivity contribution in [3.8, 4) is 0 Å². The highest BCUT2D eigenvalue weighted by molar-refractivity contribution is 8.02. The molecule has 3 aromatic carbocycles. The highest BCUT2D eigenvalue weighted by Gasteiger charge is 2.12. The van der Waals surface area contributed by atoms with Crippen LogP contribution in [0.4, 0.5) is 11.4 Å². The number of hydrogen-bond acceptors (Lipinski definition) is 3. The molecule has 0 unspecified atom stereocenters. The second-order valence-corrected chi connectivity index (χ2v) is 7.00. The van der Waals surface area contributed by atoms with Crippen LogP contribution in [0.2, 0.25) is 0 Å². The summed E-state index contributed by atoms with van der Waals surface area (Å²) >= 11 is 1.47. The molecule has 0 fully saturated rings. The molecule has 4 nitrogen and oxygen atoms in total. The molecule has 0 atom stereocenters. The smallest absolute Gasteiger partial charge is 0.256 e. The van der Waals surface area contributed by atoms with E-state index in [9.17, 15) is 9.59 Å². The van der Waals surface area contributed by atoms with Crippen LogP contribution in [0.3, 0.4) is 0 Å². The Morgan fingerprint density at radius 1 is 0.821 bits per heavy atom. The predicted molar refractivity (Wildman–Crippen MR) is 116 cm³/mol. The fourth-order valence-corrected chi connectivity index (χ4v) is 3.25. The quantitative estimate of drug-likeness (QED) is 0.433. The Morgan fingerprint density at radius 3 is 2.21 bits per heavy atom. The molecule has 0 spiro atoms. The van der Waals surface area contributed by atoms with Gasteiger partial charge in [0.25, 0.3) is 5.91 Å². The molecule has 0 saturated carbocycles. The molecule has 2 amide bonds. The van der Waals surface area contributed by atoms with Crippen molar-refractivity contribution in [1.29, 1.82) is 0 Å². The number of hydrogen-bond donors (Lipinski definition) is 2. The topological polar surface area (TPSA) is 58.2 Å². The first kappa shape index (κ1) is 19.5. The molecule has 0 heterocycles. The zero-order valence-corrected chi connectivity index (χ0v) is 16.2. The van der Waals surface area contributed by atoms with Crippen molar-refractivity contribution in [2.75, 3.05) is 10.6 Å². The first-order valence-corrected chi connectivity index (χ1v) is 9.67. The minimum atomic E-state index is -0.243. The fraction of sp³-hybridized carbons (Fsp3) is 0.0435. The van der Waals surface area contributed by atoms with Crippen molar-refractivity contribution in [2.24, 2.45) is 0 Å². The molecule has 3 aromatic rings. The Balaban J connectivity index is 1.65. The van der Waals surface area contributed by atoms with Gasteiger partial charge in [-0.3, -0.25) is 9.59 Å². The van der Waals surface area contributed by atoms with Crippen LogP contribution in [0.15, 0.2) is 95.2 Å². The molecule has 3 rings (SSSR count). The number of benzene rings is 3. The maximum absolute atomic E-state index is 12.6. The normalized spacial score (nSPS) is 10.6. The van der Waals surface area contributed by atoms with Gasteiger partial charge in [-0.1, -0.05) is 54.2 Å². The molecule has 0 aliphatic rings. The lowest BCUT2D eigenvalue weighted by Crippen LogP contribution is -2.15. The van der Waals surface area contributed by atoms with E-state index in [4.69, 9.17) is 0 Å². The predicted octanol–water partition coefficient (Wildman–Crippen LogP) is 5.49. The van der Waals surface area contributed by atoms with Crippen LogP contribution in [0.1, 0.15) is 15.9 Å². The number of amides is 2. The molecule has 0 saturated heterocycles.